The van der Waals surface area contributed by atoms with Crippen LogP contribution in [0.15, 0.2) is 24.4 Å². The molecule has 4 heterocycles. The molecule has 2 bridgehead atoms. The molecule has 3 aromatic rings. The minimum absolute atomic E-state index is 0.0276. The van der Waals surface area contributed by atoms with E-state index < -0.39 is 23.6 Å². The summed E-state index contributed by atoms with van der Waals surface area (Å²) in [4.78, 5) is 6.85. The van der Waals surface area contributed by atoms with Gasteiger partial charge in [-0.2, -0.15) is 18.3 Å². The lowest BCUT2D eigenvalue weighted by molar-refractivity contribution is -0.138. The molecular formula is C23H23F4N5O. The second-order valence-electron chi connectivity index (χ2n) is 8.75. The number of fused-ring (bicyclic) bond motifs is 3. The fourth-order valence-corrected chi connectivity index (χ4v) is 4.86. The number of nitrogens with one attached hydrogen (secondary N) is 1. The zero-order chi connectivity index (χ0) is 23.5. The lowest BCUT2D eigenvalue weighted by Crippen LogP contribution is -2.36. The van der Waals surface area contributed by atoms with Crippen molar-refractivity contribution in [1.82, 2.24) is 15.2 Å². The second kappa shape index (κ2) is 7.79. The number of aromatic nitrogens is 3. The molecule has 0 spiro atoms. The van der Waals surface area contributed by atoms with E-state index in [9.17, 15) is 17.6 Å². The van der Waals surface area contributed by atoms with Crippen LogP contribution in [-0.4, -0.2) is 40.5 Å². The Labute approximate surface area is 188 Å². The largest absolute Gasteiger partial charge is 0.416 e. The Bertz CT molecular complexity index is 1230. The SMILES string of the molecule is Cc1c([C@@H](C)Nc2nnc(C)c3ncc(N4CC5CC4CO5)cc23)cc(F)cc1C(F)(F)F. The van der Waals surface area contributed by atoms with Gasteiger partial charge in [0.15, 0.2) is 5.82 Å². The molecule has 33 heavy (non-hydrogen) atoms. The Balaban J connectivity index is 1.52. The maximum absolute atomic E-state index is 14.1. The molecule has 3 atom stereocenters. The molecule has 2 aliphatic rings. The van der Waals surface area contributed by atoms with Crippen molar-refractivity contribution in [3.8, 4) is 0 Å². The minimum Gasteiger partial charge on any atom is -0.374 e. The maximum Gasteiger partial charge on any atom is 0.416 e. The Hall–Kier alpha value is -3.01. The summed E-state index contributed by atoms with van der Waals surface area (Å²) in [7, 11) is 0. The molecule has 1 N–H and O–H groups in total. The number of morpholine rings is 1. The number of aryl methyl sites for hydroxylation is 1. The monoisotopic (exact) mass is 461 g/mol. The van der Waals surface area contributed by atoms with Gasteiger partial charge in [-0.05, 0) is 56.5 Å². The second-order valence-corrected chi connectivity index (χ2v) is 8.75. The van der Waals surface area contributed by atoms with Gasteiger partial charge >= 0.3 is 6.18 Å². The number of rotatable bonds is 4. The highest BCUT2D eigenvalue weighted by Gasteiger charge is 2.39. The molecule has 2 fully saturated rings. The number of hydrogen-bond donors (Lipinski definition) is 1. The van der Waals surface area contributed by atoms with E-state index in [0.717, 1.165) is 24.7 Å². The number of halogens is 4. The molecule has 174 valence electrons. The summed E-state index contributed by atoms with van der Waals surface area (Å²) in [6, 6.07) is 3.27. The van der Waals surface area contributed by atoms with Crippen molar-refractivity contribution >= 4 is 22.4 Å². The average Bonchev–Trinajstić information content (AvgIpc) is 3.40. The van der Waals surface area contributed by atoms with Crippen molar-refractivity contribution in [3.05, 3.63) is 52.6 Å². The van der Waals surface area contributed by atoms with E-state index in [-0.39, 0.29) is 17.2 Å². The third kappa shape index (κ3) is 3.86. The molecule has 0 saturated carbocycles. The van der Waals surface area contributed by atoms with Gasteiger partial charge in [-0.1, -0.05) is 0 Å². The van der Waals surface area contributed by atoms with Gasteiger partial charge in [-0.3, -0.25) is 4.98 Å². The molecule has 2 unspecified atom stereocenters. The Morgan fingerprint density at radius 3 is 2.64 bits per heavy atom. The average molecular weight is 461 g/mol. The molecule has 10 heteroatoms. The third-order valence-electron chi connectivity index (χ3n) is 6.54. The standard InChI is InChI=1S/C23H23F4N5O/c1-11-18(4-14(24)5-20(11)23(25,26)27)12(2)29-22-19-7-15(8-28-21(19)13(3)30-31-22)32-9-17-6-16(32)10-33-17/h4-5,7-8,12,16-17H,6,9-10H2,1-3H3,(H,29,31)/t12-,16?,17?/m1/s1. The van der Waals surface area contributed by atoms with Crippen LogP contribution in [0.2, 0.25) is 0 Å². The topological polar surface area (TPSA) is 63.2 Å². The van der Waals surface area contributed by atoms with Crippen LogP contribution in [0.5, 0.6) is 0 Å². The van der Waals surface area contributed by atoms with Crippen LogP contribution in [0.1, 0.15) is 41.8 Å². The number of nitrogens with zero attached hydrogens (tertiary/aromatic N) is 4. The lowest BCUT2D eigenvalue weighted by atomic mass is 9.96. The van der Waals surface area contributed by atoms with Crippen LogP contribution in [0.4, 0.5) is 29.1 Å². The highest BCUT2D eigenvalue weighted by atomic mass is 19.4. The number of ether oxygens (including phenoxy) is 1. The first-order valence-corrected chi connectivity index (χ1v) is 10.8. The summed E-state index contributed by atoms with van der Waals surface area (Å²) in [5.41, 5.74) is 1.42. The van der Waals surface area contributed by atoms with Crippen molar-refractivity contribution in [2.45, 2.75) is 51.6 Å². The molecule has 2 aliphatic heterocycles. The van der Waals surface area contributed by atoms with Gasteiger partial charge in [-0.15, -0.1) is 5.10 Å². The van der Waals surface area contributed by atoms with Crippen LogP contribution < -0.4 is 10.2 Å². The number of alkyl halides is 3. The zero-order valence-electron chi connectivity index (χ0n) is 18.4. The Morgan fingerprint density at radius 1 is 1.18 bits per heavy atom. The van der Waals surface area contributed by atoms with Crippen molar-refractivity contribution in [1.29, 1.82) is 0 Å². The molecule has 6 nitrogen and oxygen atoms in total. The number of benzene rings is 1. The van der Waals surface area contributed by atoms with Gasteiger partial charge in [0.1, 0.15) is 5.82 Å². The smallest absolute Gasteiger partial charge is 0.374 e. The highest BCUT2D eigenvalue weighted by Crippen LogP contribution is 2.38. The van der Waals surface area contributed by atoms with Crippen molar-refractivity contribution < 1.29 is 22.3 Å². The van der Waals surface area contributed by atoms with Crippen LogP contribution in [0, 0.1) is 19.7 Å². The Kier molecular flexibility index (Phi) is 5.15. The van der Waals surface area contributed by atoms with Crippen molar-refractivity contribution in [3.63, 3.8) is 0 Å². The third-order valence-corrected chi connectivity index (χ3v) is 6.54. The molecule has 2 saturated heterocycles. The Morgan fingerprint density at radius 2 is 1.97 bits per heavy atom. The molecule has 5 rings (SSSR count). The van der Waals surface area contributed by atoms with Crippen molar-refractivity contribution in [2.24, 2.45) is 0 Å². The highest BCUT2D eigenvalue weighted by molar-refractivity contribution is 5.92. The lowest BCUT2D eigenvalue weighted by Gasteiger charge is -2.29. The van der Waals surface area contributed by atoms with Crippen molar-refractivity contribution in [2.75, 3.05) is 23.4 Å². The van der Waals surface area contributed by atoms with Gasteiger partial charge in [-0.25, -0.2) is 4.39 Å². The summed E-state index contributed by atoms with van der Waals surface area (Å²) in [5, 5.41) is 12.2. The van der Waals surface area contributed by atoms with E-state index in [1.807, 2.05) is 6.07 Å². The molecule has 2 aromatic heterocycles. The number of pyridine rings is 1. The molecule has 0 radical (unpaired) electrons. The molecule has 0 amide bonds. The van der Waals surface area contributed by atoms with Gasteiger partial charge in [0, 0.05) is 11.9 Å². The van der Waals surface area contributed by atoms with E-state index in [1.54, 1.807) is 20.0 Å². The maximum atomic E-state index is 14.1. The first-order chi connectivity index (χ1) is 15.6. The predicted molar refractivity (Wildman–Crippen MR) is 116 cm³/mol. The summed E-state index contributed by atoms with van der Waals surface area (Å²) >= 11 is 0. The van der Waals surface area contributed by atoms with E-state index in [4.69, 9.17) is 4.74 Å². The predicted octanol–water partition coefficient (Wildman–Crippen LogP) is 4.95. The van der Waals surface area contributed by atoms with E-state index in [0.29, 0.717) is 41.1 Å². The van der Waals surface area contributed by atoms with Crippen LogP contribution in [-0.2, 0) is 10.9 Å². The van der Waals surface area contributed by atoms with Crippen LogP contribution in [0.25, 0.3) is 10.9 Å². The van der Waals surface area contributed by atoms with E-state index in [2.05, 4.69) is 25.4 Å². The van der Waals surface area contributed by atoms with Crippen LogP contribution >= 0.6 is 0 Å². The van der Waals surface area contributed by atoms with Crippen LogP contribution in [0.3, 0.4) is 0 Å². The fraction of sp³-hybridized carbons (Fsp3) is 0.435. The first-order valence-electron chi connectivity index (χ1n) is 10.8. The van der Waals surface area contributed by atoms with Gasteiger partial charge in [0.05, 0.1) is 53.5 Å². The number of hydrogen-bond acceptors (Lipinski definition) is 6. The van der Waals surface area contributed by atoms with Gasteiger partial charge < -0.3 is 15.0 Å². The first kappa shape index (κ1) is 21.8. The molecule has 0 aliphatic carbocycles. The van der Waals surface area contributed by atoms with Gasteiger partial charge in [0.25, 0.3) is 0 Å². The summed E-state index contributed by atoms with van der Waals surface area (Å²) in [6.07, 6.45) is -1.64. The number of anilines is 2. The minimum atomic E-state index is -4.64. The van der Waals surface area contributed by atoms with E-state index in [1.165, 1.54) is 6.92 Å². The zero-order valence-corrected chi connectivity index (χ0v) is 18.4. The summed E-state index contributed by atoms with van der Waals surface area (Å²) < 4.78 is 59.9. The quantitative estimate of drug-likeness (QED) is 0.555. The summed E-state index contributed by atoms with van der Waals surface area (Å²) in [6.45, 7) is 6.28. The van der Waals surface area contributed by atoms with Gasteiger partial charge in [0.2, 0.25) is 0 Å². The molecule has 1 aromatic carbocycles. The normalized spacial score (nSPS) is 21.1. The van der Waals surface area contributed by atoms with E-state index >= 15 is 0 Å². The molecular weight excluding hydrogens is 438 g/mol. The fourth-order valence-electron chi connectivity index (χ4n) is 4.86. The summed E-state index contributed by atoms with van der Waals surface area (Å²) in [5.74, 6) is -0.554.